The van der Waals surface area contributed by atoms with Gasteiger partial charge in [-0.1, -0.05) is 0 Å². The summed E-state index contributed by atoms with van der Waals surface area (Å²) in [6, 6.07) is 0. The Morgan fingerprint density at radius 3 is 1.77 bits per heavy atom. The van der Waals surface area contributed by atoms with E-state index < -0.39 is 10.2 Å². The van der Waals surface area contributed by atoms with Gasteiger partial charge in [-0.05, 0) is 25.7 Å². The Balaban J connectivity index is 4.93. The van der Waals surface area contributed by atoms with E-state index in [0.29, 0.717) is 19.6 Å². The average Bonchev–Trinajstić information content (AvgIpc) is 2.07. The van der Waals surface area contributed by atoms with E-state index in [4.69, 9.17) is 0 Å². The van der Waals surface area contributed by atoms with Crippen molar-refractivity contribution in [1.29, 1.82) is 0 Å². The molecule has 13 heavy (non-hydrogen) atoms. The van der Waals surface area contributed by atoms with Gasteiger partial charge in [-0.2, -0.15) is 8.42 Å². The SMILES string of the molecule is CC[N+](CC)(CC)S(=O)(=O)NOC. The smallest absolute Gasteiger partial charge is 0.286 e. The van der Waals surface area contributed by atoms with E-state index in [1.165, 1.54) is 7.11 Å². The van der Waals surface area contributed by atoms with Crippen molar-refractivity contribution < 1.29 is 17.1 Å². The van der Waals surface area contributed by atoms with Gasteiger partial charge in [0.2, 0.25) is 0 Å². The molecule has 0 aromatic rings. The van der Waals surface area contributed by atoms with Gasteiger partial charge in [-0.15, -0.1) is 0 Å². The van der Waals surface area contributed by atoms with Gasteiger partial charge in [0.25, 0.3) is 0 Å². The van der Waals surface area contributed by atoms with Crippen molar-refractivity contribution >= 4 is 10.2 Å². The first-order chi connectivity index (χ1) is 5.99. The fraction of sp³-hybridized carbons (Fsp3) is 1.00. The third-order valence-electron chi connectivity index (χ3n) is 2.43. The van der Waals surface area contributed by atoms with Crippen LogP contribution in [0, 0.1) is 0 Å². The van der Waals surface area contributed by atoms with E-state index in [9.17, 15) is 8.42 Å². The summed E-state index contributed by atoms with van der Waals surface area (Å²) >= 11 is 0. The molecule has 0 aliphatic rings. The van der Waals surface area contributed by atoms with Crippen molar-refractivity contribution in [3.05, 3.63) is 0 Å². The fourth-order valence-electron chi connectivity index (χ4n) is 1.37. The van der Waals surface area contributed by atoms with Crippen LogP contribution in [-0.4, -0.2) is 39.1 Å². The molecule has 0 heterocycles. The molecule has 0 aliphatic heterocycles. The number of rotatable bonds is 6. The topological polar surface area (TPSA) is 55.4 Å². The minimum atomic E-state index is -3.42. The van der Waals surface area contributed by atoms with Crippen molar-refractivity contribution in [2.45, 2.75) is 20.8 Å². The zero-order valence-corrected chi connectivity index (χ0v) is 9.52. The lowest BCUT2D eigenvalue weighted by Gasteiger charge is -2.32. The lowest BCUT2D eigenvalue weighted by molar-refractivity contribution is -0.802. The number of hydrogen-bond acceptors (Lipinski definition) is 3. The molecule has 80 valence electrons. The molecule has 0 fully saturated rings. The highest BCUT2D eigenvalue weighted by molar-refractivity contribution is 7.83. The second kappa shape index (κ2) is 4.90. The van der Waals surface area contributed by atoms with Gasteiger partial charge < -0.3 is 0 Å². The highest BCUT2D eigenvalue weighted by Gasteiger charge is 2.37. The molecule has 5 nitrogen and oxygen atoms in total. The number of nitrogens with one attached hydrogen (secondary N) is 1. The molecule has 0 spiro atoms. The van der Waals surface area contributed by atoms with E-state index >= 15 is 0 Å². The Hall–Kier alpha value is -0.170. The molecule has 0 bridgehead atoms. The van der Waals surface area contributed by atoms with Crippen molar-refractivity contribution in [3.8, 4) is 0 Å². The van der Waals surface area contributed by atoms with Gasteiger partial charge in [0, 0.05) is 0 Å². The van der Waals surface area contributed by atoms with Crippen LogP contribution >= 0.6 is 0 Å². The first-order valence-corrected chi connectivity index (χ1v) is 5.84. The Bertz CT molecular complexity index is 226. The van der Waals surface area contributed by atoms with Crippen molar-refractivity contribution in [2.75, 3.05) is 26.7 Å². The van der Waals surface area contributed by atoms with Gasteiger partial charge in [-0.3, -0.25) is 4.84 Å². The number of quaternary nitrogens is 1. The summed E-state index contributed by atoms with van der Waals surface area (Å²) in [5.41, 5.74) is 0. The largest absolute Gasteiger partial charge is 0.392 e. The minimum Gasteiger partial charge on any atom is -0.286 e. The standard InChI is InChI=1S/C7H19N2O3S/c1-5-9(6-2,7-3)13(10,11)8-12-4/h8H,5-7H2,1-4H3/q+1. The maximum absolute atomic E-state index is 11.7. The van der Waals surface area contributed by atoms with Crippen LogP contribution in [0.1, 0.15) is 20.8 Å². The summed E-state index contributed by atoms with van der Waals surface area (Å²) in [5.74, 6) is 0. The van der Waals surface area contributed by atoms with E-state index in [2.05, 4.69) is 9.72 Å². The molecular weight excluding hydrogens is 192 g/mol. The summed E-state index contributed by atoms with van der Waals surface area (Å²) in [4.78, 5) is 6.52. The van der Waals surface area contributed by atoms with Crippen LogP contribution in [0.5, 0.6) is 0 Å². The number of hydrogen-bond donors (Lipinski definition) is 1. The van der Waals surface area contributed by atoms with Crippen LogP contribution in [-0.2, 0) is 15.0 Å². The maximum Gasteiger partial charge on any atom is 0.392 e. The number of nitrogens with zero attached hydrogens (tertiary/aromatic N) is 1. The Morgan fingerprint density at radius 1 is 1.15 bits per heavy atom. The molecule has 0 aliphatic carbocycles. The van der Waals surface area contributed by atoms with E-state index in [-0.39, 0.29) is 3.89 Å². The van der Waals surface area contributed by atoms with E-state index in [1.807, 2.05) is 20.8 Å². The molecule has 0 radical (unpaired) electrons. The van der Waals surface area contributed by atoms with Crippen LogP contribution in [0.2, 0.25) is 0 Å². The van der Waals surface area contributed by atoms with Crippen molar-refractivity contribution in [1.82, 2.24) is 4.89 Å². The molecule has 0 saturated heterocycles. The Kier molecular flexibility index (Phi) is 4.83. The molecule has 6 heteroatoms. The predicted octanol–water partition coefficient (Wildman–Crippen LogP) is 0.259. The summed E-state index contributed by atoms with van der Waals surface area (Å²) in [6.07, 6.45) is 0. The van der Waals surface area contributed by atoms with Crippen LogP contribution in [0.3, 0.4) is 0 Å². The Labute approximate surface area is 80.4 Å². The van der Waals surface area contributed by atoms with E-state index in [0.717, 1.165) is 0 Å². The van der Waals surface area contributed by atoms with Crippen LogP contribution in [0.25, 0.3) is 0 Å². The third kappa shape index (κ3) is 2.40. The highest BCUT2D eigenvalue weighted by Crippen LogP contribution is 2.12. The monoisotopic (exact) mass is 211 g/mol. The first-order valence-electron chi connectivity index (χ1n) is 4.40. The molecule has 0 unspecified atom stereocenters. The Morgan fingerprint density at radius 2 is 1.54 bits per heavy atom. The molecule has 0 rings (SSSR count). The molecule has 0 atom stereocenters. The second-order valence-electron chi connectivity index (χ2n) is 2.77. The lowest BCUT2D eigenvalue weighted by atomic mass is 10.5. The summed E-state index contributed by atoms with van der Waals surface area (Å²) in [6.45, 7) is 7.15. The molecule has 0 saturated carbocycles. The summed E-state index contributed by atoms with van der Waals surface area (Å²) in [7, 11) is -2.12. The minimum absolute atomic E-state index is 0.000833. The molecular formula is C7H19N2O3S+. The quantitative estimate of drug-likeness (QED) is 0.506. The third-order valence-corrected chi connectivity index (χ3v) is 4.60. The molecule has 0 aromatic carbocycles. The van der Waals surface area contributed by atoms with Gasteiger partial charge >= 0.3 is 10.2 Å². The summed E-state index contributed by atoms with van der Waals surface area (Å²) < 4.78 is 23.4. The van der Waals surface area contributed by atoms with Crippen LogP contribution < -0.4 is 4.89 Å². The van der Waals surface area contributed by atoms with Gasteiger partial charge in [0.1, 0.15) is 0 Å². The highest BCUT2D eigenvalue weighted by atomic mass is 32.2. The normalized spacial score (nSPS) is 13.2. The van der Waals surface area contributed by atoms with Crippen molar-refractivity contribution in [3.63, 3.8) is 0 Å². The molecule has 0 amide bonds. The first kappa shape index (κ1) is 12.8. The lowest BCUT2D eigenvalue weighted by Crippen LogP contribution is -2.56. The molecule has 0 aromatic heterocycles. The summed E-state index contributed by atoms with van der Waals surface area (Å²) in [5, 5.41) is 0. The van der Waals surface area contributed by atoms with E-state index in [1.54, 1.807) is 0 Å². The van der Waals surface area contributed by atoms with Gasteiger partial charge in [-0.25, -0.2) is 3.89 Å². The maximum atomic E-state index is 11.7. The second-order valence-corrected chi connectivity index (χ2v) is 4.66. The zero-order valence-electron chi connectivity index (χ0n) is 8.70. The van der Waals surface area contributed by atoms with Crippen LogP contribution in [0.4, 0.5) is 0 Å². The van der Waals surface area contributed by atoms with Gasteiger partial charge in [0.05, 0.1) is 26.7 Å². The van der Waals surface area contributed by atoms with Gasteiger partial charge in [0.15, 0.2) is 0 Å². The average molecular weight is 211 g/mol. The zero-order chi connectivity index (χ0) is 10.5. The molecule has 1 N–H and O–H groups in total. The van der Waals surface area contributed by atoms with Crippen LogP contribution in [0.15, 0.2) is 0 Å². The predicted molar refractivity (Wildman–Crippen MR) is 50.9 cm³/mol. The van der Waals surface area contributed by atoms with Crippen molar-refractivity contribution in [2.24, 2.45) is 0 Å². The fourth-order valence-corrected chi connectivity index (χ4v) is 2.75.